The Hall–Kier alpha value is -2.95. The predicted octanol–water partition coefficient (Wildman–Crippen LogP) is 4.84. The summed E-state index contributed by atoms with van der Waals surface area (Å²) in [4.78, 5) is 9.32. The lowest BCUT2D eigenvalue weighted by Crippen LogP contribution is -2.00. The van der Waals surface area contributed by atoms with E-state index in [4.69, 9.17) is 18.9 Å². The molecule has 0 N–H and O–H groups in total. The van der Waals surface area contributed by atoms with Crippen molar-refractivity contribution in [3.8, 4) is 44.1 Å². The van der Waals surface area contributed by atoms with E-state index >= 15 is 0 Å². The van der Waals surface area contributed by atoms with Crippen molar-refractivity contribution in [1.29, 1.82) is 0 Å². The molecular weight excluding hydrogens is 468 g/mol. The molecule has 0 unspecified atom stereocenters. The van der Waals surface area contributed by atoms with Crippen LogP contribution in [0.2, 0.25) is 0 Å². The lowest BCUT2D eigenvalue weighted by Gasteiger charge is -2.00. The molecule has 2 aliphatic rings. The molecule has 0 atom stereocenters. The van der Waals surface area contributed by atoms with E-state index in [0.29, 0.717) is 11.5 Å². The number of hydrogen-bond acceptors (Lipinski definition) is 9. The molecule has 0 radical (unpaired) electrons. The molecule has 162 valence electrons. The highest BCUT2D eigenvalue weighted by Crippen LogP contribution is 2.38. The molecule has 0 saturated carbocycles. The van der Waals surface area contributed by atoms with E-state index in [9.17, 15) is 4.21 Å². The SMILES string of the molecule is O=S(Cc1csc(-c2ccc3c(c2)OCO3)n1)Cc1csc(-c2ccc3c(c2)OCO3)n1. The molecule has 4 aromatic rings. The Morgan fingerprint density at radius 1 is 0.719 bits per heavy atom. The maximum atomic E-state index is 12.7. The Kier molecular flexibility index (Phi) is 5.05. The molecule has 0 fully saturated rings. The first kappa shape index (κ1) is 19.7. The molecule has 7 nitrogen and oxygen atoms in total. The van der Waals surface area contributed by atoms with Crippen molar-refractivity contribution < 1.29 is 23.2 Å². The van der Waals surface area contributed by atoms with Crippen LogP contribution in [0.25, 0.3) is 21.1 Å². The maximum Gasteiger partial charge on any atom is 0.231 e. The third-order valence-corrected chi connectivity index (χ3v) is 8.08. The van der Waals surface area contributed by atoms with E-state index in [2.05, 4.69) is 9.97 Å². The lowest BCUT2D eigenvalue weighted by molar-refractivity contribution is 0.173. The summed E-state index contributed by atoms with van der Waals surface area (Å²) >= 11 is 3.06. The fourth-order valence-electron chi connectivity index (χ4n) is 3.45. The van der Waals surface area contributed by atoms with Gasteiger partial charge < -0.3 is 18.9 Å². The number of aromatic nitrogens is 2. The number of benzene rings is 2. The average molecular weight is 485 g/mol. The quantitative estimate of drug-likeness (QED) is 0.387. The zero-order chi connectivity index (χ0) is 21.5. The van der Waals surface area contributed by atoms with E-state index in [1.165, 1.54) is 22.7 Å². The minimum Gasteiger partial charge on any atom is -0.454 e. The van der Waals surface area contributed by atoms with Crippen molar-refractivity contribution >= 4 is 33.5 Å². The molecule has 0 spiro atoms. The molecule has 2 aliphatic heterocycles. The zero-order valence-corrected chi connectivity index (χ0v) is 19.1. The fourth-order valence-corrected chi connectivity index (χ4v) is 6.35. The summed E-state index contributed by atoms with van der Waals surface area (Å²) in [6.07, 6.45) is 0. The van der Waals surface area contributed by atoms with Gasteiger partial charge in [-0.15, -0.1) is 22.7 Å². The van der Waals surface area contributed by atoms with Gasteiger partial charge in [0.1, 0.15) is 10.0 Å². The highest BCUT2D eigenvalue weighted by atomic mass is 32.2. The number of rotatable bonds is 6. The summed E-state index contributed by atoms with van der Waals surface area (Å²) in [5.74, 6) is 3.72. The van der Waals surface area contributed by atoms with Crippen molar-refractivity contribution in [2.45, 2.75) is 11.5 Å². The van der Waals surface area contributed by atoms with E-state index in [1.54, 1.807) is 0 Å². The third-order valence-electron chi connectivity index (χ3n) is 4.96. The van der Waals surface area contributed by atoms with Gasteiger partial charge in [-0.2, -0.15) is 0 Å². The molecule has 2 aromatic carbocycles. The number of fused-ring (bicyclic) bond motifs is 2. The molecule has 2 aromatic heterocycles. The Labute approximate surface area is 194 Å². The van der Waals surface area contributed by atoms with Gasteiger partial charge in [0.2, 0.25) is 13.6 Å². The topological polar surface area (TPSA) is 79.8 Å². The standard InChI is InChI=1S/C22H16N2O5S3/c25-32(9-15-7-30-21(23-15)13-1-3-17-19(5-13)28-11-26-17)10-16-8-31-22(24-16)14-2-4-18-20(6-14)29-12-27-18/h1-8H,9-12H2. The van der Waals surface area contributed by atoms with Crippen LogP contribution in [0, 0.1) is 0 Å². The molecule has 6 rings (SSSR count). The van der Waals surface area contributed by atoms with Crippen molar-refractivity contribution in [2.24, 2.45) is 0 Å². The van der Waals surface area contributed by atoms with Gasteiger partial charge in [0.05, 0.1) is 22.9 Å². The van der Waals surface area contributed by atoms with Crippen LogP contribution in [0.3, 0.4) is 0 Å². The molecule has 4 heterocycles. The van der Waals surface area contributed by atoms with Crippen LogP contribution in [-0.4, -0.2) is 27.8 Å². The van der Waals surface area contributed by atoms with Crippen LogP contribution < -0.4 is 18.9 Å². The van der Waals surface area contributed by atoms with Gasteiger partial charge in [-0.3, -0.25) is 4.21 Å². The van der Waals surface area contributed by atoms with Gasteiger partial charge in [0.15, 0.2) is 23.0 Å². The molecule has 10 heteroatoms. The van der Waals surface area contributed by atoms with Crippen LogP contribution >= 0.6 is 22.7 Å². The second-order valence-electron chi connectivity index (χ2n) is 7.15. The number of hydrogen-bond donors (Lipinski definition) is 0. The van der Waals surface area contributed by atoms with Crippen molar-refractivity contribution in [2.75, 3.05) is 13.6 Å². The van der Waals surface area contributed by atoms with Crippen molar-refractivity contribution in [1.82, 2.24) is 9.97 Å². The Morgan fingerprint density at radius 2 is 1.19 bits per heavy atom. The van der Waals surface area contributed by atoms with E-state index in [1.807, 2.05) is 47.2 Å². The van der Waals surface area contributed by atoms with Gasteiger partial charge in [-0.25, -0.2) is 9.97 Å². The summed E-state index contributed by atoms with van der Waals surface area (Å²) in [6.45, 7) is 0.488. The van der Waals surface area contributed by atoms with E-state index < -0.39 is 10.8 Å². The molecular formula is C22H16N2O5S3. The van der Waals surface area contributed by atoms with Crippen LogP contribution in [0.15, 0.2) is 47.2 Å². The average Bonchev–Trinajstić information content (AvgIpc) is 3.58. The van der Waals surface area contributed by atoms with E-state index in [0.717, 1.165) is 55.5 Å². The van der Waals surface area contributed by atoms with Gasteiger partial charge in [0.25, 0.3) is 0 Å². The molecule has 32 heavy (non-hydrogen) atoms. The smallest absolute Gasteiger partial charge is 0.231 e. The predicted molar refractivity (Wildman–Crippen MR) is 123 cm³/mol. The van der Waals surface area contributed by atoms with Gasteiger partial charge in [0, 0.05) is 32.7 Å². The summed E-state index contributed by atoms with van der Waals surface area (Å²) in [5.41, 5.74) is 3.55. The molecule has 0 amide bonds. The lowest BCUT2D eigenvalue weighted by atomic mass is 10.2. The van der Waals surface area contributed by atoms with Gasteiger partial charge in [-0.1, -0.05) is 0 Å². The second kappa shape index (κ2) is 8.19. The first-order valence-electron chi connectivity index (χ1n) is 9.75. The number of nitrogens with zero attached hydrogens (tertiary/aromatic N) is 2. The molecule has 0 saturated heterocycles. The summed E-state index contributed by atoms with van der Waals surface area (Å²) in [6, 6.07) is 11.5. The van der Waals surface area contributed by atoms with Gasteiger partial charge in [-0.05, 0) is 36.4 Å². The Bertz CT molecular complexity index is 1230. The minimum atomic E-state index is -1.11. The van der Waals surface area contributed by atoms with Crippen LogP contribution in [0.1, 0.15) is 11.4 Å². The van der Waals surface area contributed by atoms with Crippen LogP contribution in [0.5, 0.6) is 23.0 Å². The largest absolute Gasteiger partial charge is 0.454 e. The maximum absolute atomic E-state index is 12.7. The Morgan fingerprint density at radius 3 is 1.69 bits per heavy atom. The highest BCUT2D eigenvalue weighted by molar-refractivity contribution is 7.83. The minimum absolute atomic E-state index is 0.244. The highest BCUT2D eigenvalue weighted by Gasteiger charge is 2.17. The second-order valence-corrected chi connectivity index (χ2v) is 10.3. The molecule has 0 bridgehead atoms. The first-order valence-corrected chi connectivity index (χ1v) is 13.0. The van der Waals surface area contributed by atoms with Crippen molar-refractivity contribution in [3.63, 3.8) is 0 Å². The van der Waals surface area contributed by atoms with E-state index in [-0.39, 0.29) is 13.6 Å². The fraction of sp³-hybridized carbons (Fsp3) is 0.182. The number of ether oxygens (including phenoxy) is 4. The zero-order valence-electron chi connectivity index (χ0n) is 16.6. The normalized spacial score (nSPS) is 13.8. The van der Waals surface area contributed by atoms with Crippen LogP contribution in [-0.2, 0) is 22.3 Å². The Balaban J connectivity index is 1.12. The first-order chi connectivity index (χ1) is 15.7. The summed E-state index contributed by atoms with van der Waals surface area (Å²) < 4.78 is 34.3. The van der Waals surface area contributed by atoms with Crippen molar-refractivity contribution in [3.05, 3.63) is 58.5 Å². The van der Waals surface area contributed by atoms with Gasteiger partial charge >= 0.3 is 0 Å². The van der Waals surface area contributed by atoms with Crippen LogP contribution in [0.4, 0.5) is 0 Å². The number of thiazole rings is 2. The monoisotopic (exact) mass is 484 g/mol. The summed E-state index contributed by atoms with van der Waals surface area (Å²) in [5, 5.41) is 5.65. The summed E-state index contributed by atoms with van der Waals surface area (Å²) in [7, 11) is -1.11. The molecule has 0 aliphatic carbocycles. The third kappa shape index (κ3) is 3.85.